The molecule has 126 valence electrons. The Kier molecular flexibility index (Phi) is 6.87. The van der Waals surface area contributed by atoms with Crippen molar-refractivity contribution < 1.29 is 14.3 Å². The van der Waals surface area contributed by atoms with Crippen LogP contribution < -0.4 is 15.4 Å². The molecule has 0 heterocycles. The Morgan fingerprint density at radius 1 is 1.22 bits per heavy atom. The molecule has 0 bridgehead atoms. The summed E-state index contributed by atoms with van der Waals surface area (Å²) in [7, 11) is 1.82. The molecule has 1 aliphatic rings. The van der Waals surface area contributed by atoms with E-state index >= 15 is 0 Å². The number of hydrogen-bond donors (Lipinski definition) is 2. The van der Waals surface area contributed by atoms with Crippen LogP contribution in [0.15, 0.2) is 30.3 Å². The van der Waals surface area contributed by atoms with E-state index < -0.39 is 6.03 Å². The second kappa shape index (κ2) is 9.15. The zero-order chi connectivity index (χ0) is 16.5. The number of hydrogen-bond acceptors (Lipinski definition) is 4. The van der Waals surface area contributed by atoms with Crippen molar-refractivity contribution in [1.29, 1.82) is 0 Å². The highest BCUT2D eigenvalue weighted by Crippen LogP contribution is 2.17. The van der Waals surface area contributed by atoms with Crippen molar-refractivity contribution in [3.8, 4) is 5.75 Å². The van der Waals surface area contributed by atoms with E-state index in [-0.39, 0.29) is 18.5 Å². The van der Waals surface area contributed by atoms with Gasteiger partial charge in [-0.25, -0.2) is 4.79 Å². The first-order chi connectivity index (χ1) is 11.1. The standard InChI is InChI=1S/C17H25N3O3/c1-20(11-12-23-15-9-3-2-4-10-15)13-16(21)19-17(22)18-14-7-5-6-8-14/h2-4,9-10,14H,5-8,11-13H2,1H3,(H2,18,19,21,22). The van der Waals surface area contributed by atoms with Gasteiger partial charge in [-0.1, -0.05) is 31.0 Å². The second-order valence-electron chi connectivity index (χ2n) is 5.90. The fraction of sp³-hybridized carbons (Fsp3) is 0.529. The van der Waals surface area contributed by atoms with Crippen molar-refractivity contribution in [2.75, 3.05) is 26.7 Å². The van der Waals surface area contributed by atoms with Crippen LogP contribution in [0.4, 0.5) is 4.79 Å². The normalized spacial score (nSPS) is 14.7. The molecule has 6 nitrogen and oxygen atoms in total. The Morgan fingerprint density at radius 2 is 1.91 bits per heavy atom. The fourth-order valence-corrected chi connectivity index (χ4v) is 2.62. The Morgan fingerprint density at radius 3 is 2.61 bits per heavy atom. The molecule has 1 saturated carbocycles. The van der Waals surface area contributed by atoms with Gasteiger partial charge in [-0.05, 0) is 32.0 Å². The minimum absolute atomic E-state index is 0.163. The Balaban J connectivity index is 1.59. The van der Waals surface area contributed by atoms with Crippen molar-refractivity contribution in [1.82, 2.24) is 15.5 Å². The number of rotatable bonds is 7. The minimum Gasteiger partial charge on any atom is -0.492 e. The van der Waals surface area contributed by atoms with Gasteiger partial charge in [0.25, 0.3) is 0 Å². The predicted octanol–water partition coefficient (Wildman–Crippen LogP) is 1.77. The first kappa shape index (κ1) is 17.3. The zero-order valence-corrected chi connectivity index (χ0v) is 13.6. The third-order valence-electron chi connectivity index (χ3n) is 3.84. The monoisotopic (exact) mass is 319 g/mol. The third-order valence-corrected chi connectivity index (χ3v) is 3.84. The van der Waals surface area contributed by atoms with Crippen LogP contribution in [0.5, 0.6) is 5.75 Å². The fourth-order valence-electron chi connectivity index (χ4n) is 2.62. The Hall–Kier alpha value is -2.08. The van der Waals surface area contributed by atoms with Crippen molar-refractivity contribution >= 4 is 11.9 Å². The molecule has 0 aromatic heterocycles. The van der Waals surface area contributed by atoms with Crippen LogP contribution in [-0.2, 0) is 4.79 Å². The first-order valence-electron chi connectivity index (χ1n) is 8.10. The van der Waals surface area contributed by atoms with Crippen LogP contribution in [0.25, 0.3) is 0 Å². The number of benzene rings is 1. The molecule has 2 N–H and O–H groups in total. The van der Waals surface area contributed by atoms with Gasteiger partial charge in [0, 0.05) is 12.6 Å². The summed E-state index contributed by atoms with van der Waals surface area (Å²) >= 11 is 0. The van der Waals surface area contributed by atoms with E-state index in [0.29, 0.717) is 13.2 Å². The van der Waals surface area contributed by atoms with Crippen LogP contribution in [0, 0.1) is 0 Å². The largest absolute Gasteiger partial charge is 0.492 e. The lowest BCUT2D eigenvalue weighted by Crippen LogP contribution is -2.46. The molecule has 1 fully saturated rings. The van der Waals surface area contributed by atoms with Crippen LogP contribution in [0.3, 0.4) is 0 Å². The number of likely N-dealkylation sites (N-methyl/N-ethyl adjacent to an activating group) is 1. The summed E-state index contributed by atoms with van der Waals surface area (Å²) in [6.45, 7) is 1.25. The van der Waals surface area contributed by atoms with Crippen molar-refractivity contribution in [3.63, 3.8) is 0 Å². The maximum absolute atomic E-state index is 11.8. The minimum atomic E-state index is -0.393. The summed E-state index contributed by atoms with van der Waals surface area (Å²) in [5.74, 6) is 0.504. The number of imide groups is 1. The summed E-state index contributed by atoms with van der Waals surface area (Å²) in [6, 6.07) is 9.35. The molecule has 0 unspecified atom stereocenters. The molecule has 0 saturated heterocycles. The maximum Gasteiger partial charge on any atom is 0.321 e. The number of nitrogens with zero attached hydrogens (tertiary/aromatic N) is 1. The molecule has 6 heteroatoms. The second-order valence-corrected chi connectivity index (χ2v) is 5.90. The first-order valence-corrected chi connectivity index (χ1v) is 8.10. The topological polar surface area (TPSA) is 70.7 Å². The Labute approximate surface area is 137 Å². The average molecular weight is 319 g/mol. The number of para-hydroxylation sites is 1. The molecule has 0 radical (unpaired) electrons. The molecule has 23 heavy (non-hydrogen) atoms. The molecule has 2 rings (SSSR count). The predicted molar refractivity (Wildman–Crippen MR) is 88.4 cm³/mol. The summed E-state index contributed by atoms with van der Waals surface area (Å²) in [5.41, 5.74) is 0. The van der Waals surface area contributed by atoms with Crippen molar-refractivity contribution in [2.24, 2.45) is 0 Å². The molecular weight excluding hydrogens is 294 g/mol. The average Bonchev–Trinajstić information content (AvgIpc) is 3.00. The van der Waals surface area contributed by atoms with E-state index in [1.165, 1.54) is 0 Å². The highest BCUT2D eigenvalue weighted by molar-refractivity contribution is 5.95. The molecule has 3 amide bonds. The zero-order valence-electron chi connectivity index (χ0n) is 13.6. The van der Waals surface area contributed by atoms with Crippen LogP contribution in [0.2, 0.25) is 0 Å². The number of amides is 3. The van der Waals surface area contributed by atoms with Gasteiger partial charge in [0.2, 0.25) is 5.91 Å². The van der Waals surface area contributed by atoms with E-state index in [9.17, 15) is 9.59 Å². The lowest BCUT2D eigenvalue weighted by atomic mass is 10.2. The molecule has 0 atom stereocenters. The highest BCUT2D eigenvalue weighted by atomic mass is 16.5. The smallest absolute Gasteiger partial charge is 0.321 e. The van der Waals surface area contributed by atoms with Gasteiger partial charge in [0.15, 0.2) is 0 Å². The molecule has 1 aromatic rings. The van der Waals surface area contributed by atoms with Crippen LogP contribution in [0.1, 0.15) is 25.7 Å². The SMILES string of the molecule is CN(CCOc1ccccc1)CC(=O)NC(=O)NC1CCCC1. The number of urea groups is 1. The van der Waals surface area contributed by atoms with Gasteiger partial charge in [0.1, 0.15) is 12.4 Å². The molecule has 0 spiro atoms. The van der Waals surface area contributed by atoms with Gasteiger partial charge in [-0.15, -0.1) is 0 Å². The number of nitrogens with one attached hydrogen (secondary N) is 2. The van der Waals surface area contributed by atoms with Gasteiger partial charge in [0.05, 0.1) is 6.54 Å². The number of carbonyl (C=O) groups excluding carboxylic acids is 2. The van der Waals surface area contributed by atoms with E-state index in [4.69, 9.17) is 4.74 Å². The van der Waals surface area contributed by atoms with E-state index in [1.54, 1.807) is 0 Å². The third kappa shape index (κ3) is 6.69. The summed E-state index contributed by atoms with van der Waals surface area (Å²) in [5, 5.41) is 5.21. The van der Waals surface area contributed by atoms with Gasteiger partial charge < -0.3 is 10.1 Å². The van der Waals surface area contributed by atoms with Crippen LogP contribution in [-0.4, -0.2) is 49.6 Å². The van der Waals surface area contributed by atoms with E-state index in [1.807, 2.05) is 42.3 Å². The van der Waals surface area contributed by atoms with Crippen molar-refractivity contribution in [3.05, 3.63) is 30.3 Å². The molecular formula is C17H25N3O3. The quantitative estimate of drug-likeness (QED) is 0.803. The lowest BCUT2D eigenvalue weighted by Gasteiger charge is -2.17. The Bertz CT molecular complexity index is 501. The number of carbonyl (C=O) groups is 2. The summed E-state index contributed by atoms with van der Waals surface area (Å²) in [6.07, 6.45) is 4.28. The summed E-state index contributed by atoms with van der Waals surface area (Å²) < 4.78 is 5.58. The van der Waals surface area contributed by atoms with E-state index in [0.717, 1.165) is 31.4 Å². The molecule has 1 aromatic carbocycles. The highest BCUT2D eigenvalue weighted by Gasteiger charge is 2.18. The maximum atomic E-state index is 11.8. The van der Waals surface area contributed by atoms with Gasteiger partial charge in [-0.3, -0.25) is 15.0 Å². The summed E-state index contributed by atoms with van der Waals surface area (Å²) in [4.78, 5) is 25.3. The van der Waals surface area contributed by atoms with Gasteiger partial charge in [-0.2, -0.15) is 0 Å². The number of ether oxygens (including phenoxy) is 1. The lowest BCUT2D eigenvalue weighted by molar-refractivity contribution is -0.120. The van der Waals surface area contributed by atoms with Gasteiger partial charge >= 0.3 is 6.03 Å². The van der Waals surface area contributed by atoms with E-state index in [2.05, 4.69) is 10.6 Å². The van der Waals surface area contributed by atoms with Crippen molar-refractivity contribution in [2.45, 2.75) is 31.7 Å². The van der Waals surface area contributed by atoms with Crippen LogP contribution >= 0.6 is 0 Å². The molecule has 0 aliphatic heterocycles. The molecule has 1 aliphatic carbocycles.